The zero-order valence-corrected chi connectivity index (χ0v) is 9.54. The van der Waals surface area contributed by atoms with Gasteiger partial charge in [-0.1, -0.05) is 24.8 Å². The van der Waals surface area contributed by atoms with Crippen LogP contribution in [-0.2, 0) is 0 Å². The third kappa shape index (κ3) is 2.32. The molecule has 0 saturated carbocycles. The molecule has 0 atom stereocenters. The second kappa shape index (κ2) is 4.69. The molecular weight excluding hydrogens is 252 g/mol. The van der Waals surface area contributed by atoms with Crippen LogP contribution in [-0.4, -0.2) is 19.9 Å². The van der Waals surface area contributed by atoms with Crippen LogP contribution in [0.1, 0.15) is 5.56 Å². The van der Waals surface area contributed by atoms with Crippen LogP contribution in [0.25, 0.3) is 17.5 Å². The topological polar surface area (TPSA) is 122 Å². The van der Waals surface area contributed by atoms with Crippen molar-refractivity contribution in [3.8, 4) is 11.4 Å². The van der Waals surface area contributed by atoms with Gasteiger partial charge < -0.3 is 0 Å². The molecule has 0 radical (unpaired) electrons. The van der Waals surface area contributed by atoms with Crippen molar-refractivity contribution in [3.05, 3.63) is 61.4 Å². The molecule has 0 saturated heterocycles. The van der Waals surface area contributed by atoms with Gasteiger partial charge in [0.25, 0.3) is 5.69 Å². The molecule has 8 heteroatoms. The normalized spacial score (nSPS) is 10.1. The number of aromatic amines is 2. The van der Waals surface area contributed by atoms with Crippen LogP contribution in [0.2, 0.25) is 0 Å². The Morgan fingerprint density at radius 3 is 2.63 bits per heavy atom. The fourth-order valence-electron chi connectivity index (χ4n) is 1.65. The molecule has 0 aliphatic carbocycles. The van der Waals surface area contributed by atoms with Crippen molar-refractivity contribution in [2.45, 2.75) is 0 Å². The first kappa shape index (κ1) is 12.4. The minimum atomic E-state index is -0.882. The summed E-state index contributed by atoms with van der Waals surface area (Å²) in [4.78, 5) is 40.5. The van der Waals surface area contributed by atoms with E-state index in [4.69, 9.17) is 0 Å². The first-order valence-corrected chi connectivity index (χ1v) is 5.14. The van der Waals surface area contributed by atoms with Crippen molar-refractivity contribution in [1.82, 2.24) is 15.0 Å². The molecule has 2 aromatic rings. The van der Waals surface area contributed by atoms with E-state index in [0.29, 0.717) is 5.56 Å². The maximum atomic E-state index is 11.2. The molecule has 1 aromatic heterocycles. The zero-order chi connectivity index (χ0) is 14.0. The van der Waals surface area contributed by atoms with Gasteiger partial charge in [-0.2, -0.15) is 4.98 Å². The summed E-state index contributed by atoms with van der Waals surface area (Å²) in [6, 6.07) is 4.30. The minimum Gasteiger partial charge on any atom is -0.291 e. The van der Waals surface area contributed by atoms with Crippen LogP contribution in [0.3, 0.4) is 0 Å². The lowest BCUT2D eigenvalue weighted by molar-refractivity contribution is -0.384. The highest BCUT2D eigenvalue weighted by molar-refractivity contribution is 5.78. The highest BCUT2D eigenvalue weighted by Crippen LogP contribution is 2.30. The van der Waals surface area contributed by atoms with Gasteiger partial charge in [0.05, 0.1) is 4.92 Å². The molecule has 1 aromatic carbocycles. The van der Waals surface area contributed by atoms with Crippen LogP contribution in [0.15, 0.2) is 34.4 Å². The molecular formula is C11H8N4O4. The van der Waals surface area contributed by atoms with E-state index in [0.717, 1.165) is 0 Å². The van der Waals surface area contributed by atoms with Crippen molar-refractivity contribution in [2.75, 3.05) is 0 Å². The second-order valence-electron chi connectivity index (χ2n) is 3.55. The summed E-state index contributed by atoms with van der Waals surface area (Å²) < 4.78 is 0. The predicted octanol–water partition coefficient (Wildman–Crippen LogP) is 0.676. The number of aromatic nitrogens is 3. The molecule has 19 heavy (non-hydrogen) atoms. The summed E-state index contributed by atoms with van der Waals surface area (Å²) in [5.41, 5.74) is -1.50. The molecule has 0 aliphatic rings. The van der Waals surface area contributed by atoms with Gasteiger partial charge in [-0.15, -0.1) is 0 Å². The largest absolute Gasteiger partial charge is 0.351 e. The van der Waals surface area contributed by atoms with E-state index in [1.54, 1.807) is 6.07 Å². The van der Waals surface area contributed by atoms with E-state index in [9.17, 15) is 19.7 Å². The number of nitrogens with one attached hydrogen (secondary N) is 2. The zero-order valence-electron chi connectivity index (χ0n) is 9.54. The van der Waals surface area contributed by atoms with E-state index in [-0.39, 0.29) is 17.1 Å². The summed E-state index contributed by atoms with van der Waals surface area (Å²) in [7, 11) is 0. The van der Waals surface area contributed by atoms with Crippen LogP contribution < -0.4 is 11.4 Å². The van der Waals surface area contributed by atoms with Crippen molar-refractivity contribution in [2.24, 2.45) is 0 Å². The fraction of sp³-hybridized carbons (Fsp3) is 0. The summed E-state index contributed by atoms with van der Waals surface area (Å²) in [6.07, 6.45) is 1.38. The number of nitrogens with zero attached hydrogens (tertiary/aromatic N) is 2. The Balaban J connectivity index is 2.86. The Morgan fingerprint density at radius 1 is 1.32 bits per heavy atom. The average Bonchev–Trinajstić information content (AvgIpc) is 2.36. The number of nitro groups is 1. The lowest BCUT2D eigenvalue weighted by Gasteiger charge is -2.05. The lowest BCUT2D eigenvalue weighted by atomic mass is 10.0. The molecule has 1 heterocycles. The molecule has 96 valence electrons. The van der Waals surface area contributed by atoms with Gasteiger partial charge in [0.2, 0.25) is 0 Å². The van der Waals surface area contributed by atoms with E-state index in [2.05, 4.69) is 16.5 Å². The maximum absolute atomic E-state index is 11.2. The monoisotopic (exact) mass is 260 g/mol. The minimum absolute atomic E-state index is 0.0469. The predicted molar refractivity (Wildman–Crippen MR) is 67.7 cm³/mol. The van der Waals surface area contributed by atoms with Gasteiger partial charge in [-0.05, 0) is 5.56 Å². The van der Waals surface area contributed by atoms with Gasteiger partial charge in [0.1, 0.15) is 5.56 Å². The Bertz CT molecular complexity index is 747. The SMILES string of the molecule is C=Cc1cccc([N+](=O)[O-])c1-c1nc(=O)[nH]c(=O)[nH]1. The summed E-state index contributed by atoms with van der Waals surface area (Å²) in [5, 5.41) is 11.0. The molecule has 0 spiro atoms. The van der Waals surface area contributed by atoms with Gasteiger partial charge in [-0.3, -0.25) is 20.1 Å². The number of nitro benzene ring substituents is 1. The van der Waals surface area contributed by atoms with Crippen LogP contribution >= 0.6 is 0 Å². The first-order valence-electron chi connectivity index (χ1n) is 5.14. The molecule has 2 N–H and O–H groups in total. The molecule has 0 unspecified atom stereocenters. The average molecular weight is 260 g/mol. The molecule has 0 aliphatic heterocycles. The highest BCUT2D eigenvalue weighted by atomic mass is 16.6. The number of H-pyrrole nitrogens is 2. The molecule has 0 fully saturated rings. The van der Waals surface area contributed by atoms with Crippen LogP contribution in [0.5, 0.6) is 0 Å². The van der Waals surface area contributed by atoms with E-state index in [1.807, 2.05) is 4.98 Å². The first-order chi connectivity index (χ1) is 9.02. The summed E-state index contributed by atoms with van der Waals surface area (Å²) in [6.45, 7) is 3.53. The van der Waals surface area contributed by atoms with E-state index < -0.39 is 16.3 Å². The third-order valence-electron chi connectivity index (χ3n) is 2.39. The lowest BCUT2D eigenvalue weighted by Crippen LogP contribution is -2.25. The van der Waals surface area contributed by atoms with Crippen molar-refractivity contribution in [3.63, 3.8) is 0 Å². The van der Waals surface area contributed by atoms with Crippen LogP contribution in [0, 0.1) is 10.1 Å². The van der Waals surface area contributed by atoms with Gasteiger partial charge in [0, 0.05) is 6.07 Å². The standard InChI is InChI=1S/C11H8N4O4/c1-2-6-4-3-5-7(15(18)19)8(6)9-12-10(16)14-11(17)13-9/h2-5H,1H2,(H2,12,13,14,16,17). The Kier molecular flexibility index (Phi) is 3.06. The number of hydrogen-bond acceptors (Lipinski definition) is 5. The maximum Gasteiger partial charge on any atom is 0.351 e. The van der Waals surface area contributed by atoms with Gasteiger partial charge in [-0.25, -0.2) is 9.59 Å². The molecule has 8 nitrogen and oxygen atoms in total. The van der Waals surface area contributed by atoms with Crippen molar-refractivity contribution < 1.29 is 4.92 Å². The molecule has 0 bridgehead atoms. The van der Waals surface area contributed by atoms with Crippen molar-refractivity contribution >= 4 is 11.8 Å². The quantitative estimate of drug-likeness (QED) is 0.620. The molecule has 2 rings (SSSR count). The Hall–Kier alpha value is -3.03. The summed E-state index contributed by atoms with van der Waals surface area (Å²) >= 11 is 0. The highest BCUT2D eigenvalue weighted by Gasteiger charge is 2.20. The van der Waals surface area contributed by atoms with Gasteiger partial charge in [0.15, 0.2) is 5.82 Å². The fourth-order valence-corrected chi connectivity index (χ4v) is 1.65. The Labute approximate surface area is 105 Å². The summed E-state index contributed by atoms with van der Waals surface area (Å²) in [5.74, 6) is -0.170. The van der Waals surface area contributed by atoms with Gasteiger partial charge >= 0.3 is 11.4 Å². The number of benzene rings is 1. The third-order valence-corrected chi connectivity index (χ3v) is 2.39. The van der Waals surface area contributed by atoms with E-state index >= 15 is 0 Å². The second-order valence-corrected chi connectivity index (χ2v) is 3.55. The van der Waals surface area contributed by atoms with E-state index in [1.165, 1.54) is 18.2 Å². The number of hydrogen-bond donors (Lipinski definition) is 2. The smallest absolute Gasteiger partial charge is 0.291 e. The number of rotatable bonds is 3. The Morgan fingerprint density at radius 2 is 2.05 bits per heavy atom. The van der Waals surface area contributed by atoms with Crippen LogP contribution in [0.4, 0.5) is 5.69 Å². The molecule has 0 amide bonds. The van der Waals surface area contributed by atoms with Crippen molar-refractivity contribution in [1.29, 1.82) is 0 Å².